The maximum absolute atomic E-state index is 10.5. The normalized spacial score (nSPS) is 9.54. The van der Waals surface area contributed by atoms with Gasteiger partial charge in [-0.1, -0.05) is 6.07 Å². The zero-order valence-electron chi connectivity index (χ0n) is 6.54. The second-order valence-electron chi connectivity index (χ2n) is 2.40. The molecular formula is C8H7ClN2O2. The number of carboxylic acid groups (broad SMARTS) is 1. The molecule has 0 amide bonds. The second kappa shape index (κ2) is 3.45. The van der Waals surface area contributed by atoms with Crippen LogP contribution in [0.2, 0.25) is 0 Å². The number of carboxylic acids is 1. The van der Waals surface area contributed by atoms with Gasteiger partial charge in [-0.05, 0) is 12.1 Å². The molecule has 0 spiro atoms. The van der Waals surface area contributed by atoms with Crippen molar-refractivity contribution in [2.45, 2.75) is 0 Å². The molecule has 0 atom stereocenters. The van der Waals surface area contributed by atoms with Crippen molar-refractivity contribution in [3.63, 3.8) is 0 Å². The number of hydrogen-bond donors (Lipinski definition) is 1. The molecule has 0 aliphatic rings. The van der Waals surface area contributed by atoms with Crippen LogP contribution < -0.4 is 0 Å². The maximum atomic E-state index is 10.5. The summed E-state index contributed by atoms with van der Waals surface area (Å²) in [5.74, 6) is -1.00. The standard InChI is InChI=1S/C8H6N2O2.ClH/c11-8(12)6-5-10-4-2-1-3-7(10)9-6;/h1-5H,(H,11,12);1H. The average Bonchev–Trinajstić information content (AvgIpc) is 2.46. The summed E-state index contributed by atoms with van der Waals surface area (Å²) in [6.07, 6.45) is 3.24. The fraction of sp³-hybridized carbons (Fsp3) is 0. The molecule has 0 saturated carbocycles. The van der Waals surface area contributed by atoms with E-state index in [0.717, 1.165) is 0 Å². The van der Waals surface area contributed by atoms with Crippen LogP contribution in [0.5, 0.6) is 0 Å². The van der Waals surface area contributed by atoms with E-state index in [1.807, 2.05) is 12.1 Å². The molecule has 0 aliphatic carbocycles. The van der Waals surface area contributed by atoms with Gasteiger partial charge in [0.1, 0.15) is 5.65 Å². The van der Waals surface area contributed by atoms with Gasteiger partial charge in [0.05, 0.1) is 0 Å². The highest BCUT2D eigenvalue weighted by molar-refractivity contribution is 5.86. The predicted molar refractivity (Wildman–Crippen MR) is 49.4 cm³/mol. The van der Waals surface area contributed by atoms with Gasteiger partial charge < -0.3 is 9.51 Å². The molecule has 2 heterocycles. The largest absolute Gasteiger partial charge is 0.476 e. The van der Waals surface area contributed by atoms with Crippen molar-refractivity contribution in [1.82, 2.24) is 9.38 Å². The van der Waals surface area contributed by atoms with E-state index in [-0.39, 0.29) is 18.1 Å². The van der Waals surface area contributed by atoms with Gasteiger partial charge in [0, 0.05) is 12.4 Å². The molecule has 4 nitrogen and oxygen atoms in total. The number of hydrogen-bond acceptors (Lipinski definition) is 2. The van der Waals surface area contributed by atoms with Crippen LogP contribution in [0.1, 0.15) is 10.5 Å². The number of halogens is 1. The first-order valence-electron chi connectivity index (χ1n) is 3.44. The van der Waals surface area contributed by atoms with Gasteiger partial charge in [0.15, 0.2) is 5.69 Å². The number of pyridine rings is 1. The number of aromatic carboxylic acids is 1. The molecule has 2 rings (SSSR count). The Morgan fingerprint density at radius 2 is 2.23 bits per heavy atom. The van der Waals surface area contributed by atoms with Crippen molar-refractivity contribution in [3.8, 4) is 0 Å². The van der Waals surface area contributed by atoms with E-state index in [1.54, 1.807) is 16.7 Å². The van der Waals surface area contributed by atoms with Crippen molar-refractivity contribution in [3.05, 3.63) is 36.3 Å². The molecule has 0 radical (unpaired) electrons. The van der Waals surface area contributed by atoms with Crippen LogP contribution in [0.15, 0.2) is 30.6 Å². The van der Waals surface area contributed by atoms with Crippen LogP contribution >= 0.6 is 12.4 Å². The van der Waals surface area contributed by atoms with Gasteiger partial charge in [-0.2, -0.15) is 0 Å². The molecule has 0 saturated heterocycles. The lowest BCUT2D eigenvalue weighted by atomic mass is 10.5. The summed E-state index contributed by atoms with van der Waals surface area (Å²) in [6.45, 7) is 0. The smallest absolute Gasteiger partial charge is 0.356 e. The number of nitrogens with zero attached hydrogens (tertiary/aromatic N) is 2. The molecule has 0 unspecified atom stereocenters. The summed E-state index contributed by atoms with van der Waals surface area (Å²) in [5.41, 5.74) is 0.719. The third-order valence-electron chi connectivity index (χ3n) is 1.58. The molecule has 2 aromatic heterocycles. The van der Waals surface area contributed by atoms with Crippen LogP contribution in [0.3, 0.4) is 0 Å². The van der Waals surface area contributed by atoms with E-state index >= 15 is 0 Å². The number of rotatable bonds is 1. The molecule has 0 aliphatic heterocycles. The molecule has 2 aromatic rings. The zero-order valence-corrected chi connectivity index (χ0v) is 7.36. The number of aromatic nitrogens is 2. The molecule has 13 heavy (non-hydrogen) atoms. The third kappa shape index (κ3) is 1.62. The van der Waals surface area contributed by atoms with Gasteiger partial charge in [0.25, 0.3) is 0 Å². The fourth-order valence-electron chi connectivity index (χ4n) is 1.04. The summed E-state index contributed by atoms with van der Waals surface area (Å²) in [6, 6.07) is 5.39. The summed E-state index contributed by atoms with van der Waals surface area (Å²) in [5, 5.41) is 8.61. The third-order valence-corrected chi connectivity index (χ3v) is 1.58. The SMILES string of the molecule is Cl.O=C(O)c1cn2ccccc2n1. The van der Waals surface area contributed by atoms with E-state index < -0.39 is 5.97 Å². The Labute approximate surface area is 80.2 Å². The van der Waals surface area contributed by atoms with Crippen molar-refractivity contribution in [1.29, 1.82) is 0 Å². The molecule has 5 heteroatoms. The quantitative estimate of drug-likeness (QED) is 0.755. The fourth-order valence-corrected chi connectivity index (χ4v) is 1.04. The van der Waals surface area contributed by atoms with Gasteiger partial charge in [-0.3, -0.25) is 0 Å². The lowest BCUT2D eigenvalue weighted by molar-refractivity contribution is 0.0691. The van der Waals surface area contributed by atoms with Crippen LogP contribution in [-0.2, 0) is 0 Å². The highest BCUT2D eigenvalue weighted by atomic mass is 35.5. The lowest BCUT2D eigenvalue weighted by Gasteiger charge is -1.86. The van der Waals surface area contributed by atoms with Gasteiger partial charge >= 0.3 is 5.97 Å². The number of imidazole rings is 1. The Balaban J connectivity index is 0.000000845. The molecule has 0 bridgehead atoms. The zero-order chi connectivity index (χ0) is 8.55. The molecule has 0 fully saturated rings. The summed E-state index contributed by atoms with van der Waals surface area (Å²) >= 11 is 0. The van der Waals surface area contributed by atoms with E-state index in [9.17, 15) is 4.79 Å². The van der Waals surface area contributed by atoms with E-state index in [2.05, 4.69) is 4.98 Å². The van der Waals surface area contributed by atoms with Crippen molar-refractivity contribution in [2.24, 2.45) is 0 Å². The Bertz CT molecular complexity index is 405. The summed E-state index contributed by atoms with van der Waals surface area (Å²) in [7, 11) is 0. The van der Waals surface area contributed by atoms with Crippen LogP contribution in [-0.4, -0.2) is 20.5 Å². The Morgan fingerprint density at radius 1 is 1.46 bits per heavy atom. The molecule has 68 valence electrons. The van der Waals surface area contributed by atoms with Crippen LogP contribution in [0.25, 0.3) is 5.65 Å². The number of carbonyl (C=O) groups is 1. The van der Waals surface area contributed by atoms with Gasteiger partial charge in [-0.25, -0.2) is 9.78 Å². The first-order valence-corrected chi connectivity index (χ1v) is 3.44. The van der Waals surface area contributed by atoms with E-state index in [1.165, 1.54) is 6.20 Å². The minimum Gasteiger partial charge on any atom is -0.476 e. The van der Waals surface area contributed by atoms with Crippen molar-refractivity contribution in [2.75, 3.05) is 0 Å². The highest BCUT2D eigenvalue weighted by Crippen LogP contribution is 2.03. The number of fused-ring (bicyclic) bond motifs is 1. The Morgan fingerprint density at radius 3 is 2.85 bits per heavy atom. The highest BCUT2D eigenvalue weighted by Gasteiger charge is 2.06. The van der Waals surface area contributed by atoms with Gasteiger partial charge in [0.2, 0.25) is 0 Å². The predicted octanol–water partition coefficient (Wildman–Crippen LogP) is 1.45. The Kier molecular flexibility index (Phi) is 2.53. The maximum Gasteiger partial charge on any atom is 0.356 e. The van der Waals surface area contributed by atoms with Crippen molar-refractivity contribution < 1.29 is 9.90 Å². The summed E-state index contributed by atoms with van der Waals surface area (Å²) in [4.78, 5) is 14.4. The average molecular weight is 199 g/mol. The molecule has 1 N–H and O–H groups in total. The van der Waals surface area contributed by atoms with Crippen molar-refractivity contribution >= 4 is 24.0 Å². The summed E-state index contributed by atoms with van der Waals surface area (Å²) < 4.78 is 1.67. The topological polar surface area (TPSA) is 54.6 Å². The molecule has 0 aromatic carbocycles. The first kappa shape index (κ1) is 9.54. The molecular weight excluding hydrogens is 192 g/mol. The Hall–Kier alpha value is -1.55. The monoisotopic (exact) mass is 198 g/mol. The van der Waals surface area contributed by atoms with Crippen LogP contribution in [0, 0.1) is 0 Å². The lowest BCUT2D eigenvalue weighted by Crippen LogP contribution is -1.94. The van der Waals surface area contributed by atoms with Crippen LogP contribution in [0.4, 0.5) is 0 Å². The van der Waals surface area contributed by atoms with E-state index in [4.69, 9.17) is 5.11 Å². The minimum atomic E-state index is -1.00. The van der Waals surface area contributed by atoms with Gasteiger partial charge in [-0.15, -0.1) is 12.4 Å². The minimum absolute atomic E-state index is 0. The van der Waals surface area contributed by atoms with E-state index in [0.29, 0.717) is 5.65 Å². The first-order chi connectivity index (χ1) is 5.77. The second-order valence-corrected chi connectivity index (χ2v) is 2.40.